The van der Waals surface area contributed by atoms with Crippen molar-refractivity contribution in [1.29, 1.82) is 0 Å². The van der Waals surface area contributed by atoms with E-state index in [1.54, 1.807) is 0 Å². The molecule has 3 nitrogen and oxygen atoms in total. The molecule has 0 atom stereocenters. The molecule has 4 saturated heterocycles. The summed E-state index contributed by atoms with van der Waals surface area (Å²) in [4.78, 5) is 9.89. The quantitative estimate of drug-likeness (QED) is 0.753. The summed E-state index contributed by atoms with van der Waals surface area (Å²) in [5.74, 6) is 0. The Hall–Kier alpha value is -0.930. The molecule has 4 aliphatic rings. The lowest BCUT2D eigenvalue weighted by molar-refractivity contribution is -0.195. The highest BCUT2D eigenvalue weighted by Crippen LogP contribution is 2.53. The highest BCUT2D eigenvalue weighted by molar-refractivity contribution is 5.16. The lowest BCUT2D eigenvalue weighted by Gasteiger charge is -2.65. The largest absolute Gasteiger partial charge is 0.282 e. The summed E-state index contributed by atoms with van der Waals surface area (Å²) < 4.78 is 0. The van der Waals surface area contributed by atoms with Crippen LogP contribution in [0.4, 0.5) is 0 Å². The first-order valence-corrected chi connectivity index (χ1v) is 6.96. The van der Waals surface area contributed by atoms with Crippen molar-refractivity contribution in [1.82, 2.24) is 14.8 Å². The van der Waals surface area contributed by atoms with Gasteiger partial charge in [0.05, 0.1) is 5.69 Å². The van der Waals surface area contributed by atoms with Gasteiger partial charge in [-0.3, -0.25) is 14.8 Å². The van der Waals surface area contributed by atoms with E-state index in [1.165, 1.54) is 38.3 Å². The van der Waals surface area contributed by atoms with Gasteiger partial charge in [0.25, 0.3) is 0 Å². The van der Waals surface area contributed by atoms with Crippen LogP contribution >= 0.6 is 0 Å². The van der Waals surface area contributed by atoms with Crippen LogP contribution in [0.2, 0.25) is 0 Å². The Balaban J connectivity index is 1.73. The molecule has 5 rings (SSSR count). The van der Waals surface area contributed by atoms with E-state index in [0.29, 0.717) is 17.0 Å². The summed E-state index contributed by atoms with van der Waals surface area (Å²) >= 11 is 0. The zero-order chi connectivity index (χ0) is 12.4. The molecule has 18 heavy (non-hydrogen) atoms. The number of rotatable bonds is 1. The lowest BCUT2D eigenvalue weighted by Crippen LogP contribution is -2.70. The van der Waals surface area contributed by atoms with E-state index < -0.39 is 0 Å². The van der Waals surface area contributed by atoms with Crippen LogP contribution in [0.5, 0.6) is 0 Å². The van der Waals surface area contributed by atoms with Gasteiger partial charge in [-0.15, -0.1) is 0 Å². The molecule has 4 bridgehead atoms. The Bertz CT molecular complexity index is 434. The molecule has 1 aromatic rings. The number of pyridine rings is 1. The highest BCUT2D eigenvalue weighted by atomic mass is 15.4. The van der Waals surface area contributed by atoms with Crippen molar-refractivity contribution < 1.29 is 0 Å². The maximum Gasteiger partial charge on any atom is 0.106 e. The summed E-state index contributed by atoms with van der Waals surface area (Å²) in [7, 11) is 0. The van der Waals surface area contributed by atoms with Crippen LogP contribution in [0.1, 0.15) is 32.1 Å². The Morgan fingerprint density at radius 1 is 1.06 bits per heavy atom. The SMILES string of the molecule is CC12CN3CC(C)(CN(C1)C3c1ccccn1)C2. The van der Waals surface area contributed by atoms with E-state index in [9.17, 15) is 0 Å². The second-order valence-electron chi connectivity index (χ2n) is 7.24. The van der Waals surface area contributed by atoms with Crippen molar-refractivity contribution >= 4 is 0 Å². The monoisotopic (exact) mass is 243 g/mol. The summed E-state index contributed by atoms with van der Waals surface area (Å²) in [5, 5.41) is 0. The molecular formula is C15H21N3. The molecule has 0 aromatic carbocycles. The zero-order valence-electron chi connectivity index (χ0n) is 11.3. The van der Waals surface area contributed by atoms with Crippen molar-refractivity contribution in [3.63, 3.8) is 0 Å². The van der Waals surface area contributed by atoms with Gasteiger partial charge in [0.1, 0.15) is 6.17 Å². The van der Waals surface area contributed by atoms with Gasteiger partial charge in [0.15, 0.2) is 0 Å². The maximum atomic E-state index is 4.59. The van der Waals surface area contributed by atoms with Crippen LogP contribution in [0.25, 0.3) is 0 Å². The minimum atomic E-state index is 0.424. The highest BCUT2D eigenvalue weighted by Gasteiger charge is 2.56. The predicted molar refractivity (Wildman–Crippen MR) is 71.0 cm³/mol. The normalized spacial score (nSPS) is 49.6. The average Bonchev–Trinajstić information content (AvgIpc) is 2.25. The Morgan fingerprint density at radius 3 is 2.17 bits per heavy atom. The van der Waals surface area contributed by atoms with E-state index in [1.807, 2.05) is 12.3 Å². The second-order valence-corrected chi connectivity index (χ2v) is 7.24. The summed E-state index contributed by atoms with van der Waals surface area (Å²) in [6, 6.07) is 6.30. The van der Waals surface area contributed by atoms with Gasteiger partial charge in [0, 0.05) is 32.4 Å². The molecule has 0 unspecified atom stereocenters. The summed E-state index contributed by atoms with van der Waals surface area (Å²) in [6.07, 6.45) is 3.74. The van der Waals surface area contributed by atoms with Crippen molar-refractivity contribution in [2.45, 2.75) is 26.4 Å². The number of piperidine rings is 2. The standard InChI is InChI=1S/C15H21N3/c1-14-7-15(2)10-17(8-14)13(18(9-14)11-15)12-5-3-4-6-16-12/h3-6,13H,7-11H2,1-2H3. The van der Waals surface area contributed by atoms with Gasteiger partial charge in [-0.1, -0.05) is 19.9 Å². The van der Waals surface area contributed by atoms with Crippen LogP contribution < -0.4 is 0 Å². The minimum absolute atomic E-state index is 0.424. The van der Waals surface area contributed by atoms with E-state index in [0.717, 1.165) is 0 Å². The number of nitrogens with zero attached hydrogens (tertiary/aromatic N) is 3. The molecule has 96 valence electrons. The van der Waals surface area contributed by atoms with Gasteiger partial charge in [-0.2, -0.15) is 0 Å². The first-order chi connectivity index (χ1) is 8.57. The third-order valence-corrected chi connectivity index (χ3v) is 4.84. The Labute approximate surface area is 109 Å². The Kier molecular flexibility index (Phi) is 2.03. The fourth-order valence-electron chi connectivity index (χ4n) is 4.91. The maximum absolute atomic E-state index is 4.59. The van der Waals surface area contributed by atoms with E-state index in [-0.39, 0.29) is 0 Å². The molecule has 0 amide bonds. The van der Waals surface area contributed by atoms with Gasteiger partial charge < -0.3 is 0 Å². The summed E-state index contributed by atoms with van der Waals surface area (Å²) in [5.41, 5.74) is 2.22. The van der Waals surface area contributed by atoms with Gasteiger partial charge >= 0.3 is 0 Å². The number of hydrogen-bond acceptors (Lipinski definition) is 3. The van der Waals surface area contributed by atoms with Crippen LogP contribution in [0, 0.1) is 10.8 Å². The predicted octanol–water partition coefficient (Wildman–Crippen LogP) is 2.13. The van der Waals surface area contributed by atoms with Gasteiger partial charge in [0.2, 0.25) is 0 Å². The molecule has 3 heteroatoms. The molecule has 4 aliphatic heterocycles. The summed E-state index contributed by atoms with van der Waals surface area (Å²) in [6.45, 7) is 9.86. The number of hydrogen-bond donors (Lipinski definition) is 0. The lowest BCUT2D eigenvalue weighted by atomic mass is 9.63. The molecule has 0 N–H and O–H groups in total. The molecule has 0 spiro atoms. The van der Waals surface area contributed by atoms with E-state index in [2.05, 4.69) is 40.8 Å². The third-order valence-electron chi connectivity index (χ3n) is 4.84. The minimum Gasteiger partial charge on any atom is -0.282 e. The molecule has 1 aromatic heterocycles. The molecule has 5 heterocycles. The van der Waals surface area contributed by atoms with Gasteiger partial charge in [-0.25, -0.2) is 0 Å². The van der Waals surface area contributed by atoms with Crippen molar-refractivity contribution in [3.05, 3.63) is 30.1 Å². The molecule has 0 aliphatic carbocycles. The van der Waals surface area contributed by atoms with Crippen LogP contribution in [0.3, 0.4) is 0 Å². The zero-order valence-corrected chi connectivity index (χ0v) is 11.3. The first kappa shape index (κ1) is 10.9. The van der Waals surface area contributed by atoms with Crippen molar-refractivity contribution in [2.75, 3.05) is 26.2 Å². The number of aromatic nitrogens is 1. The van der Waals surface area contributed by atoms with E-state index in [4.69, 9.17) is 0 Å². The Morgan fingerprint density at radius 2 is 1.67 bits per heavy atom. The topological polar surface area (TPSA) is 19.4 Å². The van der Waals surface area contributed by atoms with Crippen molar-refractivity contribution in [3.8, 4) is 0 Å². The van der Waals surface area contributed by atoms with Crippen molar-refractivity contribution in [2.24, 2.45) is 10.8 Å². The fourth-order valence-corrected chi connectivity index (χ4v) is 4.91. The smallest absolute Gasteiger partial charge is 0.106 e. The average molecular weight is 243 g/mol. The molecule has 0 radical (unpaired) electrons. The first-order valence-electron chi connectivity index (χ1n) is 6.96. The fraction of sp³-hybridized carbons (Fsp3) is 0.667. The van der Waals surface area contributed by atoms with Crippen LogP contribution in [0.15, 0.2) is 24.4 Å². The third kappa shape index (κ3) is 1.47. The second kappa shape index (κ2) is 3.34. The van der Waals surface area contributed by atoms with Crippen LogP contribution in [-0.4, -0.2) is 41.0 Å². The molecular weight excluding hydrogens is 222 g/mol. The molecule has 0 saturated carbocycles. The molecule has 4 fully saturated rings. The van der Waals surface area contributed by atoms with Crippen LogP contribution in [-0.2, 0) is 0 Å². The van der Waals surface area contributed by atoms with E-state index >= 15 is 0 Å². The van der Waals surface area contributed by atoms with Gasteiger partial charge in [-0.05, 0) is 29.4 Å².